The maximum absolute atomic E-state index is 12.6. The molecule has 0 fully saturated rings. The quantitative estimate of drug-likeness (QED) is 0.660. The van der Waals surface area contributed by atoms with Crippen molar-refractivity contribution in [3.8, 4) is 17.2 Å². The predicted octanol–water partition coefficient (Wildman–Crippen LogP) is 3.55. The number of carboxylic acid groups (broad SMARTS) is 1. The van der Waals surface area contributed by atoms with Gasteiger partial charge < -0.3 is 19.3 Å². The lowest BCUT2D eigenvalue weighted by molar-refractivity contribution is 0.0692. The van der Waals surface area contributed by atoms with Gasteiger partial charge in [-0.1, -0.05) is 12.1 Å². The number of hydrogen-bond donors (Lipinski definition) is 1. The van der Waals surface area contributed by atoms with Crippen molar-refractivity contribution in [2.45, 2.75) is 20.8 Å². The van der Waals surface area contributed by atoms with E-state index in [9.17, 15) is 14.7 Å². The van der Waals surface area contributed by atoms with Crippen molar-refractivity contribution >= 4 is 11.9 Å². The predicted molar refractivity (Wildman–Crippen MR) is 92.1 cm³/mol. The Labute approximate surface area is 146 Å². The summed E-state index contributed by atoms with van der Waals surface area (Å²) in [7, 11) is 2.85. The summed E-state index contributed by atoms with van der Waals surface area (Å²) in [5.74, 6) is -0.821. The topological polar surface area (TPSA) is 82.1 Å². The van der Waals surface area contributed by atoms with Gasteiger partial charge in [-0.3, -0.25) is 0 Å². The molecule has 6 nitrogen and oxygen atoms in total. The van der Waals surface area contributed by atoms with Crippen LogP contribution in [0.15, 0.2) is 24.3 Å². The lowest BCUT2D eigenvalue weighted by atomic mass is 9.97. The summed E-state index contributed by atoms with van der Waals surface area (Å²) in [6.07, 6.45) is 0. The Bertz CT molecular complexity index is 838. The van der Waals surface area contributed by atoms with E-state index < -0.39 is 11.9 Å². The third kappa shape index (κ3) is 3.28. The van der Waals surface area contributed by atoms with Gasteiger partial charge in [0.1, 0.15) is 28.4 Å². The molecule has 0 spiro atoms. The van der Waals surface area contributed by atoms with Crippen molar-refractivity contribution < 1.29 is 28.9 Å². The molecule has 0 aliphatic heterocycles. The van der Waals surface area contributed by atoms with Crippen LogP contribution in [0.3, 0.4) is 0 Å². The van der Waals surface area contributed by atoms with Gasteiger partial charge in [-0.15, -0.1) is 0 Å². The molecule has 2 rings (SSSR count). The van der Waals surface area contributed by atoms with Crippen molar-refractivity contribution in [3.05, 3.63) is 52.1 Å². The molecule has 0 aliphatic rings. The number of carboxylic acids is 1. The first-order chi connectivity index (χ1) is 11.8. The zero-order valence-electron chi connectivity index (χ0n) is 14.8. The first-order valence-corrected chi connectivity index (χ1v) is 7.59. The standard InChI is InChI=1S/C19H20O6/c1-10-11(2)16(12(3)17(24-5)15(10)18(20)21)25-19(22)13-8-6-7-9-14(13)23-4/h6-9H,1-5H3,(H,20,21). The maximum atomic E-state index is 12.6. The molecule has 0 aromatic heterocycles. The number of benzene rings is 2. The summed E-state index contributed by atoms with van der Waals surface area (Å²) in [4.78, 5) is 24.1. The average Bonchev–Trinajstić information content (AvgIpc) is 2.60. The molecular formula is C19H20O6. The average molecular weight is 344 g/mol. The molecule has 0 atom stereocenters. The van der Waals surface area contributed by atoms with E-state index in [1.54, 1.807) is 45.0 Å². The first kappa shape index (κ1) is 18.3. The molecule has 0 aliphatic carbocycles. The second kappa shape index (κ2) is 7.25. The molecular weight excluding hydrogens is 324 g/mol. The van der Waals surface area contributed by atoms with Crippen LogP contribution >= 0.6 is 0 Å². The molecule has 2 aromatic carbocycles. The number of hydrogen-bond acceptors (Lipinski definition) is 5. The molecule has 1 N–H and O–H groups in total. The molecule has 0 radical (unpaired) electrons. The zero-order chi connectivity index (χ0) is 18.7. The summed E-state index contributed by atoms with van der Waals surface area (Å²) < 4.78 is 16.0. The summed E-state index contributed by atoms with van der Waals surface area (Å²) in [6, 6.07) is 6.72. The smallest absolute Gasteiger partial charge is 0.347 e. The molecule has 132 valence electrons. The molecule has 0 amide bonds. The molecule has 6 heteroatoms. The minimum atomic E-state index is -1.09. The summed E-state index contributed by atoms with van der Waals surface area (Å²) in [5.41, 5.74) is 1.85. The summed E-state index contributed by atoms with van der Waals surface area (Å²) in [5, 5.41) is 9.44. The SMILES string of the molecule is COc1ccccc1C(=O)Oc1c(C)c(C)c(C(=O)O)c(OC)c1C. The fourth-order valence-electron chi connectivity index (χ4n) is 2.73. The number of ether oxygens (including phenoxy) is 3. The second-order valence-electron chi connectivity index (χ2n) is 5.51. The van der Waals surface area contributed by atoms with E-state index in [1.165, 1.54) is 14.2 Å². The van der Waals surface area contributed by atoms with Gasteiger partial charge in [0, 0.05) is 5.56 Å². The van der Waals surface area contributed by atoms with Gasteiger partial charge in [0.2, 0.25) is 0 Å². The zero-order valence-corrected chi connectivity index (χ0v) is 14.8. The highest BCUT2D eigenvalue weighted by Gasteiger charge is 2.25. The number of aromatic carboxylic acids is 1. The summed E-state index contributed by atoms with van der Waals surface area (Å²) >= 11 is 0. The van der Waals surface area contributed by atoms with Crippen molar-refractivity contribution in [1.29, 1.82) is 0 Å². The van der Waals surface area contributed by atoms with Gasteiger partial charge in [0.25, 0.3) is 0 Å². The number of carbonyl (C=O) groups excluding carboxylic acids is 1. The molecule has 0 heterocycles. The number of para-hydroxylation sites is 1. The van der Waals surface area contributed by atoms with E-state index in [4.69, 9.17) is 14.2 Å². The molecule has 0 saturated carbocycles. The third-order valence-corrected chi connectivity index (χ3v) is 4.13. The molecule has 25 heavy (non-hydrogen) atoms. The van der Waals surface area contributed by atoms with Crippen molar-refractivity contribution in [2.75, 3.05) is 14.2 Å². The first-order valence-electron chi connectivity index (χ1n) is 7.59. The highest BCUT2D eigenvalue weighted by atomic mass is 16.5. The van der Waals surface area contributed by atoms with E-state index in [1.807, 2.05) is 0 Å². The van der Waals surface area contributed by atoms with E-state index in [-0.39, 0.29) is 22.6 Å². The van der Waals surface area contributed by atoms with E-state index in [2.05, 4.69) is 0 Å². The lowest BCUT2D eigenvalue weighted by Gasteiger charge is -2.19. The van der Waals surface area contributed by atoms with Crippen LogP contribution in [-0.2, 0) is 0 Å². The van der Waals surface area contributed by atoms with Crippen LogP contribution < -0.4 is 14.2 Å². The van der Waals surface area contributed by atoms with Crippen LogP contribution in [-0.4, -0.2) is 31.3 Å². The Kier molecular flexibility index (Phi) is 5.32. The third-order valence-electron chi connectivity index (χ3n) is 4.13. The second-order valence-corrected chi connectivity index (χ2v) is 5.51. The monoisotopic (exact) mass is 344 g/mol. The van der Waals surface area contributed by atoms with Crippen LogP contribution in [0.4, 0.5) is 0 Å². The van der Waals surface area contributed by atoms with Gasteiger partial charge in [0.15, 0.2) is 0 Å². The molecule has 0 saturated heterocycles. The fraction of sp³-hybridized carbons (Fsp3) is 0.263. The van der Waals surface area contributed by atoms with E-state index in [0.29, 0.717) is 22.4 Å². The maximum Gasteiger partial charge on any atom is 0.347 e. The molecule has 2 aromatic rings. The Morgan fingerprint density at radius 1 is 0.880 bits per heavy atom. The van der Waals surface area contributed by atoms with Crippen LogP contribution in [0.1, 0.15) is 37.4 Å². The Morgan fingerprint density at radius 2 is 1.52 bits per heavy atom. The van der Waals surface area contributed by atoms with Crippen LogP contribution in [0.25, 0.3) is 0 Å². The number of rotatable bonds is 5. The van der Waals surface area contributed by atoms with Gasteiger partial charge in [-0.2, -0.15) is 0 Å². The fourth-order valence-corrected chi connectivity index (χ4v) is 2.73. The van der Waals surface area contributed by atoms with Gasteiger partial charge in [0.05, 0.1) is 14.2 Å². The van der Waals surface area contributed by atoms with Crippen LogP contribution in [0.5, 0.6) is 17.2 Å². The summed E-state index contributed by atoms with van der Waals surface area (Å²) in [6.45, 7) is 5.02. The highest BCUT2D eigenvalue weighted by Crippen LogP contribution is 2.38. The minimum absolute atomic E-state index is 0.0644. The number of methoxy groups -OCH3 is 2. The van der Waals surface area contributed by atoms with Crippen LogP contribution in [0.2, 0.25) is 0 Å². The Balaban J connectivity index is 2.55. The normalized spacial score (nSPS) is 10.3. The van der Waals surface area contributed by atoms with Gasteiger partial charge >= 0.3 is 11.9 Å². The lowest BCUT2D eigenvalue weighted by Crippen LogP contribution is -2.14. The highest BCUT2D eigenvalue weighted by molar-refractivity contribution is 5.96. The van der Waals surface area contributed by atoms with E-state index in [0.717, 1.165) is 0 Å². The Hall–Kier alpha value is -3.02. The number of esters is 1. The Morgan fingerprint density at radius 3 is 2.08 bits per heavy atom. The number of carbonyl (C=O) groups is 2. The minimum Gasteiger partial charge on any atom is -0.496 e. The largest absolute Gasteiger partial charge is 0.496 e. The van der Waals surface area contributed by atoms with Crippen molar-refractivity contribution in [2.24, 2.45) is 0 Å². The van der Waals surface area contributed by atoms with Gasteiger partial charge in [-0.05, 0) is 44.0 Å². The molecule has 0 bridgehead atoms. The van der Waals surface area contributed by atoms with Crippen molar-refractivity contribution in [1.82, 2.24) is 0 Å². The van der Waals surface area contributed by atoms with Crippen molar-refractivity contribution in [3.63, 3.8) is 0 Å². The van der Waals surface area contributed by atoms with Crippen LogP contribution in [0, 0.1) is 20.8 Å². The molecule has 0 unspecified atom stereocenters. The van der Waals surface area contributed by atoms with Gasteiger partial charge in [-0.25, -0.2) is 9.59 Å². The van der Waals surface area contributed by atoms with E-state index >= 15 is 0 Å².